The molecule has 0 aromatic heterocycles. The first-order valence-corrected chi connectivity index (χ1v) is 4.70. The zero-order valence-corrected chi connectivity index (χ0v) is 8.81. The number of hydrogen-bond acceptors (Lipinski definition) is 2. The second kappa shape index (κ2) is 3.04. The summed E-state index contributed by atoms with van der Waals surface area (Å²) in [6.45, 7) is 10.6. The maximum Gasteiger partial charge on any atom is 0.457 e. The van der Waals surface area contributed by atoms with E-state index in [1.54, 1.807) is 0 Å². The lowest BCUT2D eigenvalue weighted by atomic mass is 9.77. The van der Waals surface area contributed by atoms with E-state index in [-0.39, 0.29) is 18.3 Å². The van der Waals surface area contributed by atoms with Gasteiger partial charge in [0.2, 0.25) is 0 Å². The van der Waals surface area contributed by atoms with Crippen molar-refractivity contribution in [2.75, 3.05) is 0 Å². The van der Waals surface area contributed by atoms with Crippen molar-refractivity contribution in [2.24, 2.45) is 0 Å². The van der Waals surface area contributed by atoms with Crippen LogP contribution >= 0.6 is 0 Å². The average molecular weight is 170 g/mol. The van der Waals surface area contributed by atoms with Gasteiger partial charge in [-0.25, -0.2) is 0 Å². The van der Waals surface area contributed by atoms with Crippen LogP contribution < -0.4 is 0 Å². The van der Waals surface area contributed by atoms with Gasteiger partial charge in [0.05, 0.1) is 11.2 Å². The molecule has 2 nitrogen and oxygen atoms in total. The van der Waals surface area contributed by atoms with Crippen LogP contribution in [0.4, 0.5) is 0 Å². The zero-order chi connectivity index (χ0) is 9.41. The van der Waals surface area contributed by atoms with Gasteiger partial charge in [-0.15, -0.1) is 0 Å². The van der Waals surface area contributed by atoms with E-state index >= 15 is 0 Å². The van der Waals surface area contributed by atoms with Crippen LogP contribution in [0.25, 0.3) is 0 Å². The Balaban J connectivity index is 2.66. The van der Waals surface area contributed by atoms with Gasteiger partial charge < -0.3 is 9.31 Å². The standard InChI is InChI=1S/C9H19BO2/c1-6-10-11-8(2,3)7-9(4,5)12-10/h6-7H2,1-5H3. The van der Waals surface area contributed by atoms with Crippen LogP contribution in [0.5, 0.6) is 0 Å². The zero-order valence-electron chi connectivity index (χ0n) is 8.81. The molecular formula is C9H19BO2. The van der Waals surface area contributed by atoms with E-state index < -0.39 is 0 Å². The van der Waals surface area contributed by atoms with E-state index in [1.807, 2.05) is 0 Å². The smallest absolute Gasteiger partial charge is 0.406 e. The molecule has 1 rings (SSSR count). The van der Waals surface area contributed by atoms with Crippen LogP contribution in [0.3, 0.4) is 0 Å². The van der Waals surface area contributed by atoms with E-state index in [0.717, 1.165) is 12.7 Å². The van der Waals surface area contributed by atoms with Crippen LogP contribution in [0.15, 0.2) is 0 Å². The summed E-state index contributed by atoms with van der Waals surface area (Å²) in [4.78, 5) is 0. The van der Waals surface area contributed by atoms with Crippen LogP contribution in [0.1, 0.15) is 41.0 Å². The molecule has 3 heteroatoms. The fourth-order valence-corrected chi connectivity index (χ4v) is 2.01. The van der Waals surface area contributed by atoms with Crippen molar-refractivity contribution in [3.05, 3.63) is 0 Å². The largest absolute Gasteiger partial charge is 0.457 e. The topological polar surface area (TPSA) is 18.5 Å². The van der Waals surface area contributed by atoms with Crippen molar-refractivity contribution in [1.29, 1.82) is 0 Å². The van der Waals surface area contributed by atoms with Crippen LogP contribution in [0, 0.1) is 0 Å². The minimum atomic E-state index is -0.0393. The molecule has 0 atom stereocenters. The molecule has 0 radical (unpaired) electrons. The molecule has 0 aliphatic carbocycles. The lowest BCUT2D eigenvalue weighted by Gasteiger charge is -2.44. The highest BCUT2D eigenvalue weighted by molar-refractivity contribution is 6.44. The van der Waals surface area contributed by atoms with Gasteiger partial charge in [0.1, 0.15) is 0 Å². The van der Waals surface area contributed by atoms with Gasteiger partial charge in [0, 0.05) is 6.42 Å². The molecule has 70 valence electrons. The molecule has 0 aromatic rings. The molecule has 1 saturated heterocycles. The maximum atomic E-state index is 5.74. The van der Waals surface area contributed by atoms with Crippen LogP contribution in [0.2, 0.25) is 6.32 Å². The van der Waals surface area contributed by atoms with Gasteiger partial charge in [0.15, 0.2) is 0 Å². The Bertz CT molecular complexity index is 150. The van der Waals surface area contributed by atoms with E-state index in [9.17, 15) is 0 Å². The molecular weight excluding hydrogens is 151 g/mol. The highest BCUT2D eigenvalue weighted by Gasteiger charge is 2.41. The van der Waals surface area contributed by atoms with Gasteiger partial charge in [-0.3, -0.25) is 0 Å². The maximum absolute atomic E-state index is 5.74. The summed E-state index contributed by atoms with van der Waals surface area (Å²) in [5, 5.41) is 0. The molecule has 1 aliphatic heterocycles. The molecule has 0 saturated carbocycles. The van der Waals surface area contributed by atoms with Crippen molar-refractivity contribution in [3.8, 4) is 0 Å². The third-order valence-electron chi connectivity index (χ3n) is 2.09. The fraction of sp³-hybridized carbons (Fsp3) is 1.00. The third-order valence-corrected chi connectivity index (χ3v) is 2.09. The molecule has 12 heavy (non-hydrogen) atoms. The quantitative estimate of drug-likeness (QED) is 0.563. The van der Waals surface area contributed by atoms with Crippen molar-refractivity contribution >= 4 is 7.12 Å². The summed E-state index contributed by atoms with van der Waals surface area (Å²) in [7, 11) is -0.0243. The van der Waals surface area contributed by atoms with Gasteiger partial charge >= 0.3 is 7.12 Å². The van der Waals surface area contributed by atoms with Crippen LogP contribution in [-0.4, -0.2) is 18.3 Å². The Morgan fingerprint density at radius 1 is 1.08 bits per heavy atom. The minimum Gasteiger partial charge on any atom is -0.406 e. The second-order valence-corrected chi connectivity index (χ2v) is 4.77. The minimum absolute atomic E-state index is 0.0243. The lowest BCUT2D eigenvalue weighted by Crippen LogP contribution is -2.51. The Kier molecular flexibility index (Phi) is 2.55. The fourth-order valence-electron chi connectivity index (χ4n) is 2.01. The Morgan fingerprint density at radius 2 is 1.50 bits per heavy atom. The van der Waals surface area contributed by atoms with E-state index in [4.69, 9.17) is 9.31 Å². The Hall–Kier alpha value is -0.0151. The lowest BCUT2D eigenvalue weighted by molar-refractivity contribution is -0.0763. The second-order valence-electron chi connectivity index (χ2n) is 4.77. The monoisotopic (exact) mass is 170 g/mol. The van der Waals surface area contributed by atoms with E-state index in [0.29, 0.717) is 0 Å². The van der Waals surface area contributed by atoms with Crippen molar-refractivity contribution in [1.82, 2.24) is 0 Å². The molecule has 0 bridgehead atoms. The van der Waals surface area contributed by atoms with Crippen molar-refractivity contribution in [3.63, 3.8) is 0 Å². The molecule has 0 amide bonds. The molecule has 0 aromatic carbocycles. The summed E-state index contributed by atoms with van der Waals surface area (Å²) >= 11 is 0. The van der Waals surface area contributed by atoms with E-state index in [2.05, 4.69) is 34.6 Å². The van der Waals surface area contributed by atoms with Crippen LogP contribution in [-0.2, 0) is 9.31 Å². The first-order chi connectivity index (χ1) is 5.35. The van der Waals surface area contributed by atoms with Crippen molar-refractivity contribution < 1.29 is 9.31 Å². The first-order valence-electron chi connectivity index (χ1n) is 4.70. The normalized spacial score (nSPS) is 27.2. The number of hydrogen-bond donors (Lipinski definition) is 0. The number of rotatable bonds is 1. The van der Waals surface area contributed by atoms with Gasteiger partial charge in [-0.1, -0.05) is 6.92 Å². The molecule has 1 heterocycles. The van der Waals surface area contributed by atoms with Gasteiger partial charge in [-0.2, -0.15) is 0 Å². The predicted molar refractivity (Wildman–Crippen MR) is 51.2 cm³/mol. The summed E-state index contributed by atoms with van der Waals surface area (Å²) in [5.74, 6) is 0. The van der Waals surface area contributed by atoms with Gasteiger partial charge in [0.25, 0.3) is 0 Å². The molecule has 0 spiro atoms. The predicted octanol–water partition coefficient (Wildman–Crippen LogP) is 2.49. The summed E-state index contributed by atoms with van der Waals surface area (Å²) in [6, 6.07) is 0. The van der Waals surface area contributed by atoms with Crippen molar-refractivity contribution in [2.45, 2.75) is 58.6 Å². The highest BCUT2D eigenvalue weighted by Crippen LogP contribution is 2.33. The summed E-state index contributed by atoms with van der Waals surface area (Å²) < 4.78 is 11.5. The Morgan fingerprint density at radius 3 is 1.83 bits per heavy atom. The average Bonchev–Trinajstić information content (AvgIpc) is 1.80. The first kappa shape index (κ1) is 10.1. The SMILES string of the molecule is CCB1OC(C)(C)CC(C)(C)O1. The van der Waals surface area contributed by atoms with Gasteiger partial charge in [-0.05, 0) is 34.0 Å². The highest BCUT2D eigenvalue weighted by atomic mass is 16.6. The summed E-state index contributed by atoms with van der Waals surface area (Å²) in [5.41, 5.74) is -0.0785. The van der Waals surface area contributed by atoms with E-state index in [1.165, 1.54) is 0 Å². The summed E-state index contributed by atoms with van der Waals surface area (Å²) in [6.07, 6.45) is 1.88. The third kappa shape index (κ3) is 2.49. The molecule has 0 N–H and O–H groups in total. The molecule has 1 fully saturated rings. The molecule has 0 unspecified atom stereocenters. The Labute approximate surface area is 75.8 Å². The molecule has 1 aliphatic rings.